The average molecular weight is 284 g/mol. The van der Waals surface area contributed by atoms with Crippen molar-refractivity contribution in [2.45, 2.75) is 19.9 Å². The Hall–Kier alpha value is -2.63. The van der Waals surface area contributed by atoms with Gasteiger partial charge in [0, 0.05) is 24.8 Å². The van der Waals surface area contributed by atoms with Crippen molar-refractivity contribution in [3.05, 3.63) is 57.3 Å². The van der Waals surface area contributed by atoms with Crippen LogP contribution in [0.5, 0.6) is 0 Å². The number of aromatic nitrogens is 1. The molecule has 0 saturated heterocycles. The van der Waals surface area contributed by atoms with Gasteiger partial charge < -0.3 is 10.6 Å². The number of aryl methyl sites for hydroxylation is 1. The molecule has 6 nitrogen and oxygen atoms in total. The highest BCUT2D eigenvalue weighted by molar-refractivity contribution is 5.56. The summed E-state index contributed by atoms with van der Waals surface area (Å²) in [6.07, 6.45) is 0.861. The molecule has 0 saturated carbocycles. The summed E-state index contributed by atoms with van der Waals surface area (Å²) in [5, 5.41) is 10.8. The molecule has 2 N–H and O–H groups in total. The van der Waals surface area contributed by atoms with Crippen LogP contribution >= 0.6 is 0 Å². The van der Waals surface area contributed by atoms with E-state index in [9.17, 15) is 10.1 Å². The molecule has 0 aliphatic carbocycles. The fourth-order valence-corrected chi connectivity index (χ4v) is 2.74. The maximum atomic E-state index is 10.8. The zero-order valence-corrected chi connectivity index (χ0v) is 11.7. The highest BCUT2D eigenvalue weighted by atomic mass is 16.6. The second-order valence-corrected chi connectivity index (χ2v) is 5.19. The maximum Gasteiger partial charge on any atom is 0.290 e. The molecular weight excluding hydrogens is 268 g/mol. The molecule has 1 aliphatic rings. The Balaban J connectivity index is 1.90. The van der Waals surface area contributed by atoms with E-state index in [-0.39, 0.29) is 5.69 Å². The van der Waals surface area contributed by atoms with Crippen LogP contribution in [-0.4, -0.2) is 16.5 Å². The van der Waals surface area contributed by atoms with Crippen molar-refractivity contribution in [3.63, 3.8) is 0 Å². The fourth-order valence-electron chi connectivity index (χ4n) is 2.74. The van der Waals surface area contributed by atoms with Crippen LogP contribution in [-0.2, 0) is 13.0 Å². The predicted molar refractivity (Wildman–Crippen MR) is 81.2 cm³/mol. The Morgan fingerprint density at radius 2 is 2.14 bits per heavy atom. The molecule has 0 amide bonds. The van der Waals surface area contributed by atoms with Gasteiger partial charge in [0.25, 0.3) is 5.69 Å². The Morgan fingerprint density at radius 3 is 2.86 bits per heavy atom. The van der Waals surface area contributed by atoms with Gasteiger partial charge in [-0.05, 0) is 36.6 Å². The van der Waals surface area contributed by atoms with Gasteiger partial charge in [0.2, 0.25) is 0 Å². The standard InChI is InChI=1S/C15H16N4O2/c1-10-14(19(20)21)5-6-15(17-10)18-8-7-12-11(9-18)3-2-4-13(12)16/h2-6H,7-9,16H2,1H3. The minimum Gasteiger partial charge on any atom is -0.398 e. The largest absolute Gasteiger partial charge is 0.398 e. The molecule has 6 heteroatoms. The van der Waals surface area contributed by atoms with Crippen molar-refractivity contribution in [2.75, 3.05) is 17.2 Å². The molecule has 0 bridgehead atoms. The van der Waals surface area contributed by atoms with E-state index < -0.39 is 4.92 Å². The zero-order valence-electron chi connectivity index (χ0n) is 11.7. The summed E-state index contributed by atoms with van der Waals surface area (Å²) in [5.41, 5.74) is 9.72. The van der Waals surface area contributed by atoms with E-state index in [2.05, 4.69) is 16.0 Å². The number of fused-ring (bicyclic) bond motifs is 1. The molecule has 0 atom stereocenters. The lowest BCUT2D eigenvalue weighted by atomic mass is 9.98. The number of hydrogen-bond donors (Lipinski definition) is 1. The lowest BCUT2D eigenvalue weighted by molar-refractivity contribution is -0.385. The monoisotopic (exact) mass is 284 g/mol. The Labute approximate surface area is 122 Å². The van der Waals surface area contributed by atoms with Crippen LogP contribution in [0.25, 0.3) is 0 Å². The number of benzene rings is 1. The van der Waals surface area contributed by atoms with Crippen LogP contribution in [0, 0.1) is 17.0 Å². The number of hydrogen-bond acceptors (Lipinski definition) is 5. The van der Waals surface area contributed by atoms with Crippen molar-refractivity contribution in [1.82, 2.24) is 4.98 Å². The minimum atomic E-state index is -0.404. The van der Waals surface area contributed by atoms with Gasteiger partial charge in [-0.15, -0.1) is 0 Å². The summed E-state index contributed by atoms with van der Waals surface area (Å²) in [6.45, 7) is 3.20. The predicted octanol–water partition coefficient (Wildman–Crippen LogP) is 2.44. The molecule has 2 heterocycles. The van der Waals surface area contributed by atoms with E-state index in [0.29, 0.717) is 5.69 Å². The van der Waals surface area contributed by atoms with Crippen molar-refractivity contribution >= 4 is 17.2 Å². The third-order valence-corrected chi connectivity index (χ3v) is 3.87. The molecule has 1 aliphatic heterocycles. The average Bonchev–Trinajstić information content (AvgIpc) is 2.46. The van der Waals surface area contributed by atoms with Crippen LogP contribution in [0.3, 0.4) is 0 Å². The number of anilines is 2. The summed E-state index contributed by atoms with van der Waals surface area (Å²) in [5.74, 6) is 0.770. The third kappa shape index (κ3) is 2.40. The number of nitrogen functional groups attached to an aromatic ring is 1. The highest BCUT2D eigenvalue weighted by Gasteiger charge is 2.20. The van der Waals surface area contributed by atoms with E-state index in [1.54, 1.807) is 13.0 Å². The summed E-state index contributed by atoms with van der Waals surface area (Å²) in [6, 6.07) is 9.17. The number of pyridine rings is 1. The molecule has 2 aromatic rings. The molecule has 3 rings (SSSR count). The molecule has 21 heavy (non-hydrogen) atoms. The first-order valence-corrected chi connectivity index (χ1v) is 6.79. The molecular formula is C15H16N4O2. The summed E-state index contributed by atoms with van der Waals surface area (Å²) in [7, 11) is 0. The van der Waals surface area contributed by atoms with Gasteiger partial charge in [-0.3, -0.25) is 10.1 Å². The van der Waals surface area contributed by atoms with Crippen molar-refractivity contribution in [1.29, 1.82) is 0 Å². The first-order valence-electron chi connectivity index (χ1n) is 6.79. The minimum absolute atomic E-state index is 0.0559. The van der Waals surface area contributed by atoms with Gasteiger partial charge in [0.05, 0.1) is 4.92 Å². The van der Waals surface area contributed by atoms with Gasteiger partial charge >= 0.3 is 0 Å². The van der Waals surface area contributed by atoms with Gasteiger partial charge in [0.15, 0.2) is 0 Å². The summed E-state index contributed by atoms with van der Waals surface area (Å²) in [4.78, 5) is 16.9. The second-order valence-electron chi connectivity index (χ2n) is 5.19. The van der Waals surface area contributed by atoms with Crippen molar-refractivity contribution < 1.29 is 4.92 Å². The lowest BCUT2D eigenvalue weighted by Crippen LogP contribution is -2.31. The quantitative estimate of drug-likeness (QED) is 0.520. The van der Waals surface area contributed by atoms with Gasteiger partial charge in [0.1, 0.15) is 11.5 Å². The maximum absolute atomic E-state index is 10.8. The Kier molecular flexibility index (Phi) is 3.21. The molecule has 0 spiro atoms. The van der Waals surface area contributed by atoms with Gasteiger partial charge in [-0.1, -0.05) is 12.1 Å². The Morgan fingerprint density at radius 1 is 1.33 bits per heavy atom. The zero-order chi connectivity index (χ0) is 15.0. The molecule has 0 radical (unpaired) electrons. The van der Waals surface area contributed by atoms with Gasteiger partial charge in [-0.2, -0.15) is 0 Å². The first kappa shape index (κ1) is 13.4. The second kappa shape index (κ2) is 5.05. The van der Waals surface area contributed by atoms with Crippen LogP contribution in [0.15, 0.2) is 30.3 Å². The normalized spacial score (nSPS) is 13.9. The lowest BCUT2D eigenvalue weighted by Gasteiger charge is -2.30. The van der Waals surface area contributed by atoms with E-state index in [1.807, 2.05) is 12.1 Å². The Bertz CT molecular complexity index is 715. The van der Waals surface area contributed by atoms with Gasteiger partial charge in [-0.25, -0.2) is 4.98 Å². The van der Waals surface area contributed by atoms with Crippen LogP contribution in [0.2, 0.25) is 0 Å². The molecule has 108 valence electrons. The van der Waals surface area contributed by atoms with E-state index in [4.69, 9.17) is 5.73 Å². The third-order valence-electron chi connectivity index (χ3n) is 3.87. The van der Waals surface area contributed by atoms with Crippen LogP contribution < -0.4 is 10.6 Å². The number of nitrogens with zero attached hydrogens (tertiary/aromatic N) is 3. The number of nitrogens with two attached hydrogens (primary N) is 1. The SMILES string of the molecule is Cc1nc(N2CCc3c(N)cccc3C2)ccc1[N+](=O)[O-]. The van der Waals surface area contributed by atoms with E-state index >= 15 is 0 Å². The highest BCUT2D eigenvalue weighted by Crippen LogP contribution is 2.28. The summed E-state index contributed by atoms with van der Waals surface area (Å²) < 4.78 is 0. The van der Waals surface area contributed by atoms with Crippen molar-refractivity contribution in [2.24, 2.45) is 0 Å². The van der Waals surface area contributed by atoms with E-state index in [1.165, 1.54) is 17.2 Å². The summed E-state index contributed by atoms with van der Waals surface area (Å²) >= 11 is 0. The molecule has 1 aromatic heterocycles. The molecule has 1 aromatic carbocycles. The fraction of sp³-hybridized carbons (Fsp3) is 0.267. The topological polar surface area (TPSA) is 85.3 Å². The van der Waals surface area contributed by atoms with Crippen molar-refractivity contribution in [3.8, 4) is 0 Å². The molecule has 0 fully saturated rings. The number of nitro groups is 1. The molecule has 0 unspecified atom stereocenters. The number of rotatable bonds is 2. The van der Waals surface area contributed by atoms with E-state index in [0.717, 1.165) is 31.0 Å². The van der Waals surface area contributed by atoms with Crippen LogP contribution in [0.1, 0.15) is 16.8 Å². The van der Waals surface area contributed by atoms with Crippen LogP contribution in [0.4, 0.5) is 17.2 Å². The first-order chi connectivity index (χ1) is 10.1. The smallest absolute Gasteiger partial charge is 0.290 e.